The zero-order valence-corrected chi connectivity index (χ0v) is 12.0. The Morgan fingerprint density at radius 2 is 2.00 bits per heavy atom. The molecule has 0 aliphatic carbocycles. The number of morpholine rings is 1. The van der Waals surface area contributed by atoms with E-state index in [0.29, 0.717) is 25.4 Å². The van der Waals surface area contributed by atoms with E-state index in [9.17, 15) is 5.11 Å². The summed E-state index contributed by atoms with van der Waals surface area (Å²) in [5.41, 5.74) is -0.788. The van der Waals surface area contributed by atoms with Crippen LogP contribution in [-0.4, -0.2) is 60.1 Å². The van der Waals surface area contributed by atoms with Gasteiger partial charge in [-0.15, -0.1) is 0 Å². The van der Waals surface area contributed by atoms with Gasteiger partial charge in [-0.2, -0.15) is 0 Å². The lowest BCUT2D eigenvalue weighted by Gasteiger charge is -2.33. The number of rotatable bonds is 7. The van der Waals surface area contributed by atoms with Crippen molar-refractivity contribution in [1.82, 2.24) is 10.2 Å². The molecule has 0 saturated carbocycles. The van der Waals surface area contributed by atoms with E-state index >= 15 is 0 Å². The molecule has 6 nitrogen and oxygen atoms in total. The zero-order chi connectivity index (χ0) is 14.4. The Kier molecular flexibility index (Phi) is 5.56. The molecule has 0 spiro atoms. The van der Waals surface area contributed by atoms with Gasteiger partial charge in [-0.05, 0) is 19.1 Å². The van der Waals surface area contributed by atoms with E-state index in [-0.39, 0.29) is 6.61 Å². The van der Waals surface area contributed by atoms with E-state index in [0.717, 1.165) is 32.1 Å². The third-order valence-electron chi connectivity index (χ3n) is 3.35. The highest BCUT2D eigenvalue weighted by molar-refractivity contribution is 5.06. The van der Waals surface area contributed by atoms with Crippen LogP contribution in [0.2, 0.25) is 0 Å². The van der Waals surface area contributed by atoms with Crippen LogP contribution in [0.25, 0.3) is 0 Å². The second-order valence-electron chi connectivity index (χ2n) is 5.52. The van der Waals surface area contributed by atoms with Gasteiger partial charge in [0.25, 0.3) is 0 Å². The Hall–Kier alpha value is -0.920. The molecule has 1 fully saturated rings. The van der Waals surface area contributed by atoms with Crippen LogP contribution in [0.3, 0.4) is 0 Å². The van der Waals surface area contributed by atoms with Gasteiger partial charge < -0.3 is 24.7 Å². The SMILES string of the molecule is CC(O)(CNCc1ccc(CO)o1)CN1CCOCC1. The highest BCUT2D eigenvalue weighted by Gasteiger charge is 2.24. The fourth-order valence-electron chi connectivity index (χ4n) is 2.35. The lowest BCUT2D eigenvalue weighted by atomic mass is 10.1. The summed E-state index contributed by atoms with van der Waals surface area (Å²) in [6.07, 6.45) is 0. The molecule has 2 heterocycles. The summed E-state index contributed by atoms with van der Waals surface area (Å²) < 4.78 is 10.7. The molecule has 0 radical (unpaired) electrons. The number of hydrogen-bond donors (Lipinski definition) is 3. The lowest BCUT2D eigenvalue weighted by Crippen LogP contribution is -2.50. The summed E-state index contributed by atoms with van der Waals surface area (Å²) in [6, 6.07) is 3.58. The van der Waals surface area contributed by atoms with Gasteiger partial charge in [-0.3, -0.25) is 4.90 Å². The van der Waals surface area contributed by atoms with Crippen LogP contribution >= 0.6 is 0 Å². The fraction of sp³-hybridized carbons (Fsp3) is 0.714. The van der Waals surface area contributed by atoms with Crippen molar-refractivity contribution in [2.45, 2.75) is 25.7 Å². The van der Waals surface area contributed by atoms with Crippen LogP contribution in [0, 0.1) is 0 Å². The maximum absolute atomic E-state index is 10.4. The Labute approximate surface area is 119 Å². The monoisotopic (exact) mass is 284 g/mol. The Morgan fingerprint density at radius 3 is 2.65 bits per heavy atom. The number of hydrogen-bond acceptors (Lipinski definition) is 6. The summed E-state index contributed by atoms with van der Waals surface area (Å²) in [5.74, 6) is 1.32. The van der Waals surface area contributed by atoms with Crippen molar-refractivity contribution in [3.8, 4) is 0 Å². The van der Waals surface area contributed by atoms with Crippen molar-refractivity contribution in [2.75, 3.05) is 39.4 Å². The smallest absolute Gasteiger partial charge is 0.129 e. The van der Waals surface area contributed by atoms with Gasteiger partial charge in [0, 0.05) is 26.2 Å². The average Bonchev–Trinajstić information content (AvgIpc) is 2.87. The number of aliphatic hydroxyl groups excluding tert-OH is 1. The predicted molar refractivity (Wildman–Crippen MR) is 74.2 cm³/mol. The van der Waals surface area contributed by atoms with Crippen molar-refractivity contribution in [1.29, 1.82) is 0 Å². The first kappa shape index (κ1) is 15.5. The number of ether oxygens (including phenoxy) is 1. The summed E-state index contributed by atoms with van der Waals surface area (Å²) in [6.45, 7) is 6.61. The molecule has 1 aromatic heterocycles. The van der Waals surface area contributed by atoms with E-state index in [1.54, 1.807) is 6.07 Å². The molecule has 6 heteroatoms. The molecule has 0 aromatic carbocycles. The van der Waals surface area contributed by atoms with Crippen molar-refractivity contribution in [3.63, 3.8) is 0 Å². The fourth-order valence-corrected chi connectivity index (χ4v) is 2.35. The van der Waals surface area contributed by atoms with Crippen molar-refractivity contribution < 1.29 is 19.4 Å². The van der Waals surface area contributed by atoms with Gasteiger partial charge in [0.2, 0.25) is 0 Å². The average molecular weight is 284 g/mol. The largest absolute Gasteiger partial charge is 0.462 e. The third kappa shape index (κ3) is 4.88. The van der Waals surface area contributed by atoms with Crippen LogP contribution in [0.5, 0.6) is 0 Å². The molecule has 1 aliphatic heterocycles. The Morgan fingerprint density at radius 1 is 1.30 bits per heavy atom. The summed E-state index contributed by atoms with van der Waals surface area (Å²) in [5, 5.41) is 22.5. The maximum Gasteiger partial charge on any atom is 0.129 e. The first-order valence-corrected chi connectivity index (χ1v) is 7.01. The maximum atomic E-state index is 10.4. The summed E-state index contributed by atoms with van der Waals surface area (Å²) in [7, 11) is 0. The molecule has 20 heavy (non-hydrogen) atoms. The second kappa shape index (κ2) is 7.19. The third-order valence-corrected chi connectivity index (χ3v) is 3.35. The molecule has 1 saturated heterocycles. The van der Waals surface area contributed by atoms with E-state index in [2.05, 4.69) is 10.2 Å². The van der Waals surface area contributed by atoms with E-state index in [1.165, 1.54) is 0 Å². The van der Waals surface area contributed by atoms with E-state index < -0.39 is 5.60 Å². The molecule has 114 valence electrons. The molecular formula is C14H24N2O4. The van der Waals surface area contributed by atoms with E-state index in [4.69, 9.17) is 14.3 Å². The van der Waals surface area contributed by atoms with Gasteiger partial charge in [0.1, 0.15) is 18.1 Å². The second-order valence-corrected chi connectivity index (χ2v) is 5.52. The summed E-state index contributed by atoms with van der Waals surface area (Å²) in [4.78, 5) is 2.21. The molecule has 0 bridgehead atoms. The molecule has 0 amide bonds. The van der Waals surface area contributed by atoms with Gasteiger partial charge in [-0.25, -0.2) is 0 Å². The highest BCUT2D eigenvalue weighted by atomic mass is 16.5. The highest BCUT2D eigenvalue weighted by Crippen LogP contribution is 2.10. The number of nitrogens with zero attached hydrogens (tertiary/aromatic N) is 1. The Bertz CT molecular complexity index is 400. The molecular weight excluding hydrogens is 260 g/mol. The molecule has 3 N–H and O–H groups in total. The van der Waals surface area contributed by atoms with Gasteiger partial charge in [0.05, 0.1) is 25.4 Å². The van der Waals surface area contributed by atoms with Gasteiger partial charge in [0.15, 0.2) is 0 Å². The summed E-state index contributed by atoms with van der Waals surface area (Å²) >= 11 is 0. The van der Waals surface area contributed by atoms with Gasteiger partial charge >= 0.3 is 0 Å². The van der Waals surface area contributed by atoms with Crippen LogP contribution < -0.4 is 5.32 Å². The predicted octanol–water partition coefficient (Wildman–Crippen LogP) is -0.0553. The molecule has 2 rings (SSSR count). The van der Waals surface area contributed by atoms with E-state index in [1.807, 2.05) is 13.0 Å². The zero-order valence-electron chi connectivity index (χ0n) is 12.0. The number of β-amino-alcohol motifs (C(OH)–C–C–N with tert-alkyl or cyclic N) is 1. The van der Waals surface area contributed by atoms with Crippen molar-refractivity contribution in [2.24, 2.45) is 0 Å². The number of aliphatic hydroxyl groups is 2. The number of furan rings is 1. The minimum Gasteiger partial charge on any atom is -0.462 e. The van der Waals surface area contributed by atoms with Crippen LogP contribution in [-0.2, 0) is 17.9 Å². The Balaban J connectivity index is 1.71. The molecule has 1 unspecified atom stereocenters. The van der Waals surface area contributed by atoms with Crippen LogP contribution in [0.4, 0.5) is 0 Å². The lowest BCUT2D eigenvalue weighted by molar-refractivity contribution is -0.0220. The van der Waals surface area contributed by atoms with Crippen LogP contribution in [0.15, 0.2) is 16.5 Å². The van der Waals surface area contributed by atoms with Gasteiger partial charge in [-0.1, -0.05) is 0 Å². The normalized spacial score (nSPS) is 19.9. The topological polar surface area (TPSA) is 78.1 Å². The molecule has 1 aliphatic rings. The molecule has 1 atom stereocenters. The molecule has 1 aromatic rings. The van der Waals surface area contributed by atoms with Crippen molar-refractivity contribution in [3.05, 3.63) is 23.7 Å². The van der Waals surface area contributed by atoms with Crippen LogP contribution in [0.1, 0.15) is 18.4 Å². The number of nitrogens with one attached hydrogen (secondary N) is 1. The minimum atomic E-state index is -0.788. The minimum absolute atomic E-state index is 0.0885. The van der Waals surface area contributed by atoms with Crippen molar-refractivity contribution >= 4 is 0 Å². The quantitative estimate of drug-likeness (QED) is 0.651. The standard InChI is InChI=1S/C14H24N2O4/c1-14(18,11-16-4-6-19-7-5-16)10-15-8-12-2-3-13(9-17)20-12/h2-3,15,17-18H,4-11H2,1H3. The first-order valence-electron chi connectivity index (χ1n) is 7.01. The first-order chi connectivity index (χ1) is 9.59.